The van der Waals surface area contributed by atoms with Crippen LogP contribution in [0.3, 0.4) is 0 Å². The number of rotatable bonds is 3. The number of carbonyl (C=O) groups is 1. The smallest absolute Gasteiger partial charge is 0.256 e. The van der Waals surface area contributed by atoms with Gasteiger partial charge in [0, 0.05) is 24.8 Å². The first-order chi connectivity index (χ1) is 10.7. The Morgan fingerprint density at radius 1 is 1.00 bits per heavy atom. The van der Waals surface area contributed by atoms with E-state index in [1.54, 1.807) is 23.1 Å². The van der Waals surface area contributed by atoms with Crippen LogP contribution in [0.2, 0.25) is 0 Å². The third-order valence-electron chi connectivity index (χ3n) is 4.03. The molecule has 114 valence electrons. The minimum Gasteiger partial charge on any atom is -0.382 e. The zero-order chi connectivity index (χ0) is 15.4. The Kier molecular flexibility index (Phi) is 4.37. The molecule has 1 aliphatic heterocycles. The second-order valence-electron chi connectivity index (χ2n) is 5.56. The van der Waals surface area contributed by atoms with Crippen LogP contribution in [0, 0.1) is 5.82 Å². The molecule has 0 saturated carbocycles. The van der Waals surface area contributed by atoms with E-state index in [-0.39, 0.29) is 11.5 Å². The van der Waals surface area contributed by atoms with Crippen LogP contribution in [0.15, 0.2) is 54.6 Å². The van der Waals surface area contributed by atoms with E-state index in [9.17, 15) is 9.18 Å². The van der Waals surface area contributed by atoms with Gasteiger partial charge in [0.15, 0.2) is 0 Å². The quantitative estimate of drug-likeness (QED) is 0.940. The highest BCUT2D eigenvalue weighted by Crippen LogP contribution is 2.19. The topological polar surface area (TPSA) is 32.3 Å². The summed E-state index contributed by atoms with van der Waals surface area (Å²) < 4.78 is 13.7. The second kappa shape index (κ2) is 6.60. The molecule has 0 radical (unpaired) electrons. The molecular weight excluding hydrogens is 279 g/mol. The number of anilines is 1. The first kappa shape index (κ1) is 14.6. The standard InChI is InChI=1S/C18H19FN2O/c19-17-9-5-4-8-16(17)18(22)21-12-10-15(11-13-21)20-14-6-2-1-3-7-14/h1-9,15,20H,10-13H2. The summed E-state index contributed by atoms with van der Waals surface area (Å²) >= 11 is 0. The zero-order valence-corrected chi connectivity index (χ0v) is 12.3. The monoisotopic (exact) mass is 298 g/mol. The lowest BCUT2D eigenvalue weighted by Gasteiger charge is -2.33. The van der Waals surface area contributed by atoms with Gasteiger partial charge in [-0.15, -0.1) is 0 Å². The number of hydrogen-bond acceptors (Lipinski definition) is 2. The minimum atomic E-state index is -0.447. The van der Waals surface area contributed by atoms with Crippen molar-refractivity contribution in [3.8, 4) is 0 Å². The van der Waals surface area contributed by atoms with Gasteiger partial charge in [0.2, 0.25) is 0 Å². The Hall–Kier alpha value is -2.36. The third-order valence-corrected chi connectivity index (χ3v) is 4.03. The molecule has 0 aliphatic carbocycles. The van der Waals surface area contributed by atoms with Crippen molar-refractivity contribution < 1.29 is 9.18 Å². The average molecular weight is 298 g/mol. The summed E-state index contributed by atoms with van der Waals surface area (Å²) in [4.78, 5) is 14.1. The molecular formula is C18H19FN2O. The predicted molar refractivity (Wildman–Crippen MR) is 85.4 cm³/mol. The highest BCUT2D eigenvalue weighted by atomic mass is 19.1. The molecule has 0 bridgehead atoms. The Labute approximate surface area is 129 Å². The van der Waals surface area contributed by atoms with Crippen molar-refractivity contribution in [2.75, 3.05) is 18.4 Å². The van der Waals surface area contributed by atoms with Crippen LogP contribution >= 0.6 is 0 Å². The minimum absolute atomic E-state index is 0.164. The Morgan fingerprint density at radius 2 is 1.64 bits per heavy atom. The van der Waals surface area contributed by atoms with Gasteiger partial charge in [-0.25, -0.2) is 4.39 Å². The zero-order valence-electron chi connectivity index (χ0n) is 12.3. The maximum absolute atomic E-state index is 13.7. The number of carbonyl (C=O) groups excluding carboxylic acids is 1. The van der Waals surface area contributed by atoms with E-state index in [4.69, 9.17) is 0 Å². The molecule has 3 nitrogen and oxygen atoms in total. The molecule has 0 unspecified atom stereocenters. The SMILES string of the molecule is O=C(c1ccccc1F)N1CCC(Nc2ccccc2)CC1. The summed E-state index contributed by atoms with van der Waals surface area (Å²) in [5, 5.41) is 3.48. The van der Waals surface area contributed by atoms with Gasteiger partial charge in [0.05, 0.1) is 5.56 Å². The largest absolute Gasteiger partial charge is 0.382 e. The maximum atomic E-state index is 13.7. The molecule has 1 saturated heterocycles. The van der Waals surface area contributed by atoms with Crippen LogP contribution in [0.1, 0.15) is 23.2 Å². The number of hydrogen-bond donors (Lipinski definition) is 1. The summed E-state index contributed by atoms with van der Waals surface area (Å²) in [7, 11) is 0. The number of amides is 1. The van der Waals surface area contributed by atoms with Gasteiger partial charge < -0.3 is 10.2 Å². The molecule has 2 aromatic carbocycles. The van der Waals surface area contributed by atoms with E-state index in [2.05, 4.69) is 5.32 Å². The number of likely N-dealkylation sites (tertiary alicyclic amines) is 1. The van der Waals surface area contributed by atoms with Crippen molar-refractivity contribution in [1.82, 2.24) is 4.90 Å². The van der Waals surface area contributed by atoms with Gasteiger partial charge in [-0.05, 0) is 37.1 Å². The van der Waals surface area contributed by atoms with Gasteiger partial charge in [0.1, 0.15) is 5.82 Å². The van der Waals surface area contributed by atoms with E-state index in [0.717, 1.165) is 18.5 Å². The van der Waals surface area contributed by atoms with Crippen LogP contribution < -0.4 is 5.32 Å². The Bertz CT molecular complexity index is 637. The van der Waals surface area contributed by atoms with E-state index in [0.29, 0.717) is 19.1 Å². The summed E-state index contributed by atoms with van der Waals surface area (Å²) in [5.41, 5.74) is 1.26. The second-order valence-corrected chi connectivity index (χ2v) is 5.56. The lowest BCUT2D eigenvalue weighted by atomic mass is 10.0. The molecule has 1 heterocycles. The molecule has 0 aromatic heterocycles. The van der Waals surface area contributed by atoms with E-state index < -0.39 is 5.82 Å². The first-order valence-corrected chi connectivity index (χ1v) is 7.59. The van der Waals surface area contributed by atoms with Gasteiger partial charge >= 0.3 is 0 Å². The lowest BCUT2D eigenvalue weighted by molar-refractivity contribution is 0.0714. The molecule has 0 spiro atoms. The van der Waals surface area contributed by atoms with Crippen molar-refractivity contribution >= 4 is 11.6 Å². The summed E-state index contributed by atoms with van der Waals surface area (Å²) in [6.07, 6.45) is 1.74. The number of nitrogens with one attached hydrogen (secondary N) is 1. The summed E-state index contributed by atoms with van der Waals surface area (Å²) in [6, 6.07) is 16.6. The average Bonchev–Trinajstić information content (AvgIpc) is 2.56. The fourth-order valence-electron chi connectivity index (χ4n) is 2.80. The van der Waals surface area contributed by atoms with Gasteiger partial charge in [-0.3, -0.25) is 4.79 Å². The molecule has 1 amide bonds. The van der Waals surface area contributed by atoms with Crippen LogP contribution in [0.4, 0.5) is 10.1 Å². The van der Waals surface area contributed by atoms with Crippen molar-refractivity contribution in [3.63, 3.8) is 0 Å². The molecule has 1 aliphatic rings. The van der Waals surface area contributed by atoms with Crippen molar-refractivity contribution in [3.05, 3.63) is 66.0 Å². The van der Waals surface area contributed by atoms with Crippen molar-refractivity contribution in [1.29, 1.82) is 0 Å². The number of piperidine rings is 1. The van der Waals surface area contributed by atoms with Crippen molar-refractivity contribution in [2.24, 2.45) is 0 Å². The number of nitrogens with zero attached hydrogens (tertiary/aromatic N) is 1. The number of halogens is 1. The van der Waals surface area contributed by atoms with Crippen LogP contribution in [0.25, 0.3) is 0 Å². The van der Waals surface area contributed by atoms with Crippen molar-refractivity contribution in [2.45, 2.75) is 18.9 Å². The molecule has 3 rings (SSSR count). The van der Waals surface area contributed by atoms with Gasteiger partial charge in [0.25, 0.3) is 5.91 Å². The molecule has 0 atom stereocenters. The molecule has 4 heteroatoms. The molecule has 1 fully saturated rings. The maximum Gasteiger partial charge on any atom is 0.256 e. The summed E-state index contributed by atoms with van der Waals surface area (Å²) in [6.45, 7) is 1.30. The Morgan fingerprint density at radius 3 is 2.32 bits per heavy atom. The normalized spacial score (nSPS) is 15.6. The van der Waals surface area contributed by atoms with Crippen LogP contribution in [-0.4, -0.2) is 29.9 Å². The van der Waals surface area contributed by atoms with E-state index in [1.165, 1.54) is 6.07 Å². The van der Waals surface area contributed by atoms with Gasteiger partial charge in [-0.1, -0.05) is 30.3 Å². The van der Waals surface area contributed by atoms with Gasteiger partial charge in [-0.2, -0.15) is 0 Å². The van der Waals surface area contributed by atoms with E-state index >= 15 is 0 Å². The number of para-hydroxylation sites is 1. The first-order valence-electron chi connectivity index (χ1n) is 7.59. The van der Waals surface area contributed by atoms with Crippen LogP contribution in [0.5, 0.6) is 0 Å². The molecule has 2 aromatic rings. The molecule has 1 N–H and O–H groups in total. The van der Waals surface area contributed by atoms with E-state index in [1.807, 2.05) is 30.3 Å². The Balaban J connectivity index is 1.58. The molecule has 22 heavy (non-hydrogen) atoms. The highest BCUT2D eigenvalue weighted by molar-refractivity contribution is 5.94. The fraction of sp³-hybridized carbons (Fsp3) is 0.278. The predicted octanol–water partition coefficient (Wildman–Crippen LogP) is 3.54. The highest BCUT2D eigenvalue weighted by Gasteiger charge is 2.24. The number of benzene rings is 2. The third kappa shape index (κ3) is 3.27. The fourth-order valence-corrected chi connectivity index (χ4v) is 2.80. The summed E-state index contributed by atoms with van der Waals surface area (Å²) in [5.74, 6) is -0.659. The lowest BCUT2D eigenvalue weighted by Crippen LogP contribution is -2.42. The van der Waals surface area contributed by atoms with Crippen LogP contribution in [-0.2, 0) is 0 Å².